The van der Waals surface area contributed by atoms with Gasteiger partial charge in [0.2, 0.25) is 5.71 Å². The van der Waals surface area contributed by atoms with Crippen LogP contribution in [0.2, 0.25) is 0 Å². The summed E-state index contributed by atoms with van der Waals surface area (Å²) in [7, 11) is 0. The number of rotatable bonds is 2. The van der Waals surface area contributed by atoms with E-state index in [4.69, 9.17) is 22.4 Å². The first-order chi connectivity index (χ1) is 11.9. The Kier molecular flexibility index (Phi) is 3.25. The monoisotopic (exact) mass is 355 g/mol. The van der Waals surface area contributed by atoms with Gasteiger partial charge in [-0.15, -0.1) is 0 Å². The van der Waals surface area contributed by atoms with E-state index in [9.17, 15) is 0 Å². The number of nitrogens with zero attached hydrogens (tertiary/aromatic N) is 1. The molecule has 0 aromatic carbocycles. The topological polar surface area (TPSA) is 64.1 Å². The SMILES string of the molecule is Cc1cc2c(N)c(C(=S)NC34CC5CC(CC(C5)C3)C4)oc2nc1C. The lowest BCUT2D eigenvalue weighted by molar-refractivity contribution is -0.00976. The molecular formula is C20H25N3OS. The minimum absolute atomic E-state index is 0.163. The molecule has 0 atom stereocenters. The van der Waals surface area contributed by atoms with E-state index in [1.807, 2.05) is 19.9 Å². The molecule has 4 nitrogen and oxygen atoms in total. The molecule has 0 unspecified atom stereocenters. The Balaban J connectivity index is 1.47. The molecule has 4 fully saturated rings. The normalized spacial score (nSPS) is 33.1. The Morgan fingerprint density at radius 2 is 1.80 bits per heavy atom. The van der Waals surface area contributed by atoms with Gasteiger partial charge in [-0.3, -0.25) is 0 Å². The highest BCUT2D eigenvalue weighted by Crippen LogP contribution is 2.55. The van der Waals surface area contributed by atoms with Crippen molar-refractivity contribution < 1.29 is 4.42 Å². The lowest BCUT2D eigenvalue weighted by Crippen LogP contribution is -2.59. The number of nitrogens with two attached hydrogens (primary N) is 1. The summed E-state index contributed by atoms with van der Waals surface area (Å²) in [6, 6.07) is 2.05. The molecule has 2 heterocycles. The van der Waals surface area contributed by atoms with Gasteiger partial charge in [-0.1, -0.05) is 12.2 Å². The molecule has 0 saturated heterocycles. The van der Waals surface area contributed by atoms with Crippen LogP contribution >= 0.6 is 12.2 Å². The van der Waals surface area contributed by atoms with Crippen molar-refractivity contribution in [2.45, 2.75) is 57.9 Å². The third-order valence-corrected chi connectivity index (χ3v) is 7.08. The van der Waals surface area contributed by atoms with Crippen LogP contribution in [-0.2, 0) is 0 Å². The molecule has 4 aliphatic rings. The first kappa shape index (κ1) is 15.6. The highest BCUT2D eigenvalue weighted by Gasteiger charge is 2.51. The lowest BCUT2D eigenvalue weighted by Gasteiger charge is -2.57. The second-order valence-electron chi connectivity index (χ2n) is 8.74. The quantitative estimate of drug-likeness (QED) is 0.788. The summed E-state index contributed by atoms with van der Waals surface area (Å²) >= 11 is 5.74. The summed E-state index contributed by atoms with van der Waals surface area (Å²) < 4.78 is 5.97. The van der Waals surface area contributed by atoms with E-state index in [0.717, 1.165) is 34.4 Å². The maximum absolute atomic E-state index is 6.36. The summed E-state index contributed by atoms with van der Waals surface area (Å²) in [5.41, 5.74) is 9.82. The minimum Gasteiger partial charge on any atom is -0.433 e. The van der Waals surface area contributed by atoms with Crippen LogP contribution in [0.1, 0.15) is 55.5 Å². The van der Waals surface area contributed by atoms with Crippen molar-refractivity contribution in [2.24, 2.45) is 17.8 Å². The van der Waals surface area contributed by atoms with Gasteiger partial charge in [-0.2, -0.15) is 0 Å². The van der Waals surface area contributed by atoms with Gasteiger partial charge in [-0.25, -0.2) is 4.98 Å². The molecule has 4 aliphatic carbocycles. The van der Waals surface area contributed by atoms with Crippen LogP contribution in [0, 0.1) is 31.6 Å². The number of nitrogen functional groups attached to an aromatic ring is 1. The van der Waals surface area contributed by atoms with Crippen molar-refractivity contribution in [1.82, 2.24) is 10.3 Å². The van der Waals surface area contributed by atoms with Crippen molar-refractivity contribution in [3.63, 3.8) is 0 Å². The molecule has 0 aliphatic heterocycles. The van der Waals surface area contributed by atoms with E-state index in [0.29, 0.717) is 22.1 Å². The number of anilines is 1. The van der Waals surface area contributed by atoms with Gasteiger partial charge >= 0.3 is 0 Å². The average molecular weight is 356 g/mol. The summed E-state index contributed by atoms with van der Waals surface area (Å²) in [5.74, 6) is 3.22. The van der Waals surface area contributed by atoms with Crippen LogP contribution in [0.4, 0.5) is 5.69 Å². The third kappa shape index (κ3) is 2.39. The molecule has 2 aromatic heterocycles. The highest BCUT2D eigenvalue weighted by atomic mass is 32.1. The molecule has 2 aromatic rings. The molecule has 3 N–H and O–H groups in total. The second-order valence-corrected chi connectivity index (χ2v) is 9.15. The van der Waals surface area contributed by atoms with Crippen LogP contribution in [0.5, 0.6) is 0 Å². The Bertz CT molecular complexity index is 849. The van der Waals surface area contributed by atoms with E-state index >= 15 is 0 Å². The van der Waals surface area contributed by atoms with Crippen molar-refractivity contribution in [1.29, 1.82) is 0 Å². The molecule has 4 bridgehead atoms. The van der Waals surface area contributed by atoms with Gasteiger partial charge < -0.3 is 15.5 Å². The fourth-order valence-corrected chi connectivity index (χ4v) is 6.33. The summed E-state index contributed by atoms with van der Waals surface area (Å²) in [5, 5.41) is 4.57. The van der Waals surface area contributed by atoms with E-state index in [-0.39, 0.29) is 5.54 Å². The molecule has 0 amide bonds. The zero-order valence-electron chi connectivity index (χ0n) is 14.9. The van der Waals surface area contributed by atoms with Gasteiger partial charge in [0.25, 0.3) is 0 Å². The van der Waals surface area contributed by atoms with Crippen molar-refractivity contribution in [3.8, 4) is 0 Å². The van der Waals surface area contributed by atoms with Gasteiger partial charge in [0.05, 0.1) is 11.1 Å². The largest absolute Gasteiger partial charge is 0.433 e. The first-order valence-corrected chi connectivity index (χ1v) is 9.82. The second kappa shape index (κ2) is 5.19. The van der Waals surface area contributed by atoms with Crippen LogP contribution in [0.25, 0.3) is 11.1 Å². The number of pyridine rings is 1. The zero-order valence-corrected chi connectivity index (χ0v) is 15.7. The fraction of sp³-hybridized carbons (Fsp3) is 0.600. The molecule has 5 heteroatoms. The van der Waals surface area contributed by atoms with E-state index < -0.39 is 0 Å². The number of aromatic nitrogens is 1. The van der Waals surface area contributed by atoms with Gasteiger partial charge in [0.15, 0.2) is 5.76 Å². The highest BCUT2D eigenvalue weighted by molar-refractivity contribution is 7.80. The molecule has 132 valence electrons. The molecule has 25 heavy (non-hydrogen) atoms. The predicted molar refractivity (Wildman–Crippen MR) is 104 cm³/mol. The summed E-state index contributed by atoms with van der Waals surface area (Å²) in [4.78, 5) is 5.19. The van der Waals surface area contributed by atoms with E-state index in [2.05, 4.69) is 10.3 Å². The van der Waals surface area contributed by atoms with Crippen LogP contribution < -0.4 is 11.1 Å². The summed E-state index contributed by atoms with van der Waals surface area (Å²) in [6.07, 6.45) is 8.00. The average Bonchev–Trinajstić information content (AvgIpc) is 2.83. The number of hydrogen-bond acceptors (Lipinski definition) is 4. The minimum atomic E-state index is 0.163. The fourth-order valence-electron chi connectivity index (χ4n) is 5.96. The molecule has 4 saturated carbocycles. The standard InChI is InChI=1S/C20H25N3OS/c1-10-3-15-16(21)17(24-18(15)22-11(10)2)19(25)23-20-7-12-4-13(8-20)6-14(5-12)9-20/h3,12-14H,4-9,21H2,1-2H3,(H,23,25). The zero-order chi connectivity index (χ0) is 17.3. The van der Waals surface area contributed by atoms with Gasteiger partial charge in [-0.05, 0) is 81.8 Å². The number of hydrogen-bond donors (Lipinski definition) is 2. The first-order valence-electron chi connectivity index (χ1n) is 9.41. The maximum Gasteiger partial charge on any atom is 0.229 e. The number of thiocarbonyl (C=S) groups is 1. The smallest absolute Gasteiger partial charge is 0.229 e. The molecule has 0 spiro atoms. The summed E-state index contributed by atoms with van der Waals surface area (Å²) in [6.45, 7) is 4.03. The van der Waals surface area contributed by atoms with Crippen LogP contribution in [-0.4, -0.2) is 15.5 Å². The third-order valence-electron chi connectivity index (χ3n) is 6.79. The van der Waals surface area contributed by atoms with Crippen molar-refractivity contribution in [2.75, 3.05) is 5.73 Å². The van der Waals surface area contributed by atoms with Crippen LogP contribution in [0.3, 0.4) is 0 Å². The molecule has 0 radical (unpaired) electrons. The van der Waals surface area contributed by atoms with Gasteiger partial charge in [0, 0.05) is 11.2 Å². The number of aryl methyl sites for hydroxylation is 2. The number of furan rings is 1. The van der Waals surface area contributed by atoms with E-state index in [1.165, 1.54) is 38.5 Å². The Morgan fingerprint density at radius 1 is 1.20 bits per heavy atom. The Labute approximate surface area is 153 Å². The van der Waals surface area contributed by atoms with Crippen molar-refractivity contribution in [3.05, 3.63) is 23.1 Å². The molecular weight excluding hydrogens is 330 g/mol. The van der Waals surface area contributed by atoms with Crippen molar-refractivity contribution >= 4 is 34.0 Å². The number of fused-ring (bicyclic) bond motifs is 1. The maximum atomic E-state index is 6.36. The van der Waals surface area contributed by atoms with E-state index in [1.54, 1.807) is 0 Å². The molecule has 6 rings (SSSR count). The van der Waals surface area contributed by atoms with Gasteiger partial charge in [0.1, 0.15) is 4.99 Å². The number of nitrogens with one attached hydrogen (secondary N) is 1. The Morgan fingerprint density at radius 3 is 2.40 bits per heavy atom. The Hall–Kier alpha value is -1.62. The lowest BCUT2D eigenvalue weighted by atomic mass is 9.53. The predicted octanol–water partition coefficient (Wildman–Crippen LogP) is 4.26. The van der Waals surface area contributed by atoms with Crippen LogP contribution in [0.15, 0.2) is 10.5 Å².